The molecule has 3 amide bonds. The van der Waals surface area contributed by atoms with Gasteiger partial charge >= 0.3 is 12.3 Å². The first-order chi connectivity index (χ1) is 20.0. The molecule has 2 aliphatic rings. The molecule has 0 unspecified atom stereocenters. The van der Waals surface area contributed by atoms with Crippen molar-refractivity contribution in [3.63, 3.8) is 0 Å². The molecule has 236 valence electrons. The highest BCUT2D eigenvalue weighted by molar-refractivity contribution is 5.94. The third kappa shape index (κ3) is 7.79. The number of carbonyl (C=O) groups is 3. The Kier molecular flexibility index (Phi) is 9.30. The number of imidazole rings is 1. The van der Waals surface area contributed by atoms with E-state index in [1.807, 2.05) is 0 Å². The fourth-order valence-electron chi connectivity index (χ4n) is 5.19. The minimum atomic E-state index is -4.84. The van der Waals surface area contributed by atoms with Crippen LogP contribution in [0.1, 0.15) is 74.0 Å². The van der Waals surface area contributed by atoms with Crippen LogP contribution in [0.25, 0.3) is 0 Å². The molecule has 43 heavy (non-hydrogen) atoms. The molecule has 1 fully saturated rings. The highest BCUT2D eigenvalue weighted by Crippen LogP contribution is 2.33. The number of aromatic nitrogens is 2. The summed E-state index contributed by atoms with van der Waals surface area (Å²) >= 11 is 0. The van der Waals surface area contributed by atoms with Crippen molar-refractivity contribution in [1.82, 2.24) is 24.7 Å². The largest absolute Gasteiger partial charge is 0.449 e. The monoisotopic (exact) mass is 617 g/mol. The SMILES string of the molecule is CC(C)(C)OC(=O)N[C@@H](CC(=O)N1CCn2c(C(F)(F)F)nc(C(=O)N3CCCCC3)c2C1)Cc1cc(F)c(F)cc1F. The van der Waals surface area contributed by atoms with Gasteiger partial charge in [0.2, 0.25) is 11.7 Å². The molecule has 0 bridgehead atoms. The van der Waals surface area contributed by atoms with Crippen LogP contribution in [0.4, 0.5) is 31.1 Å². The standard InChI is InChI=1S/C28H33F6N5O4/c1-27(2,3)43-26(42)35-17(11-16-12-19(30)20(31)14-18(16)29)13-22(40)38-9-10-39-21(15-38)23(36-25(39)28(32,33)34)24(41)37-7-5-4-6-8-37/h12,14,17H,4-11,13,15H2,1-3H3,(H,35,42)/t17-/m1/s1. The molecule has 15 heteroatoms. The van der Waals surface area contributed by atoms with Crippen LogP contribution < -0.4 is 5.32 Å². The molecule has 2 aromatic rings. The van der Waals surface area contributed by atoms with Crippen molar-refractivity contribution < 1.29 is 45.5 Å². The van der Waals surface area contributed by atoms with E-state index in [9.17, 15) is 40.7 Å². The minimum Gasteiger partial charge on any atom is -0.444 e. The van der Waals surface area contributed by atoms with Gasteiger partial charge in [0, 0.05) is 44.7 Å². The smallest absolute Gasteiger partial charge is 0.444 e. The summed E-state index contributed by atoms with van der Waals surface area (Å²) in [5, 5.41) is 2.45. The number of nitrogens with zero attached hydrogens (tertiary/aromatic N) is 4. The van der Waals surface area contributed by atoms with Gasteiger partial charge in [-0.1, -0.05) is 0 Å². The van der Waals surface area contributed by atoms with Crippen LogP contribution in [0, 0.1) is 17.5 Å². The summed E-state index contributed by atoms with van der Waals surface area (Å²) in [5.41, 5.74) is -1.68. The van der Waals surface area contributed by atoms with Crippen LogP contribution in [0.2, 0.25) is 0 Å². The van der Waals surface area contributed by atoms with Gasteiger partial charge in [-0.3, -0.25) is 9.59 Å². The molecule has 1 N–H and O–H groups in total. The molecule has 1 atom stereocenters. The number of carbonyl (C=O) groups excluding carboxylic acids is 3. The lowest BCUT2D eigenvalue weighted by Crippen LogP contribution is -2.46. The maximum Gasteiger partial charge on any atom is 0.449 e. The summed E-state index contributed by atoms with van der Waals surface area (Å²) in [6.45, 7) is 4.72. The Morgan fingerprint density at radius 2 is 1.58 bits per heavy atom. The number of halogens is 6. The number of piperidine rings is 1. The first-order valence-electron chi connectivity index (χ1n) is 13.9. The number of benzene rings is 1. The summed E-state index contributed by atoms with van der Waals surface area (Å²) in [6.07, 6.45) is -4.36. The highest BCUT2D eigenvalue weighted by atomic mass is 19.4. The van der Waals surface area contributed by atoms with Gasteiger partial charge in [0.25, 0.3) is 5.91 Å². The second kappa shape index (κ2) is 12.4. The number of fused-ring (bicyclic) bond motifs is 1. The van der Waals surface area contributed by atoms with Crippen molar-refractivity contribution in [1.29, 1.82) is 0 Å². The Bertz CT molecular complexity index is 1380. The second-order valence-corrected chi connectivity index (χ2v) is 11.7. The van der Waals surface area contributed by atoms with Crippen LogP contribution in [0.5, 0.6) is 0 Å². The van der Waals surface area contributed by atoms with Gasteiger partial charge in [-0.2, -0.15) is 13.2 Å². The average Bonchev–Trinajstić information content (AvgIpc) is 3.30. The van der Waals surface area contributed by atoms with Gasteiger partial charge in [-0.15, -0.1) is 0 Å². The third-order valence-electron chi connectivity index (χ3n) is 7.16. The maximum atomic E-state index is 14.4. The first kappa shape index (κ1) is 32.1. The summed E-state index contributed by atoms with van der Waals surface area (Å²) in [4.78, 5) is 45.5. The summed E-state index contributed by atoms with van der Waals surface area (Å²) in [6, 6.07) is -0.189. The van der Waals surface area contributed by atoms with Crippen LogP contribution in [0.15, 0.2) is 12.1 Å². The zero-order valence-corrected chi connectivity index (χ0v) is 24.0. The average molecular weight is 618 g/mol. The quantitative estimate of drug-likeness (QED) is 0.371. The Balaban J connectivity index is 1.58. The maximum absolute atomic E-state index is 14.4. The van der Waals surface area contributed by atoms with E-state index in [1.165, 1.54) is 9.80 Å². The Morgan fingerprint density at radius 1 is 0.930 bits per heavy atom. The van der Waals surface area contributed by atoms with Crippen molar-refractivity contribution in [2.75, 3.05) is 19.6 Å². The van der Waals surface area contributed by atoms with Crippen LogP contribution in [-0.4, -0.2) is 68.5 Å². The van der Waals surface area contributed by atoms with E-state index >= 15 is 0 Å². The zero-order chi connectivity index (χ0) is 31.7. The Hall–Kier alpha value is -3.78. The van der Waals surface area contributed by atoms with E-state index in [0.717, 1.165) is 11.0 Å². The Morgan fingerprint density at radius 3 is 2.21 bits per heavy atom. The van der Waals surface area contributed by atoms with Gasteiger partial charge in [-0.25, -0.2) is 22.9 Å². The molecule has 1 aromatic heterocycles. The van der Waals surface area contributed by atoms with E-state index in [-0.39, 0.29) is 36.6 Å². The number of nitrogens with one attached hydrogen (secondary N) is 1. The first-order valence-corrected chi connectivity index (χ1v) is 13.9. The summed E-state index contributed by atoms with van der Waals surface area (Å²) < 4.78 is 89.4. The van der Waals surface area contributed by atoms with Gasteiger partial charge < -0.3 is 24.4 Å². The van der Waals surface area contributed by atoms with E-state index in [2.05, 4.69) is 10.3 Å². The molecule has 1 aromatic carbocycles. The molecule has 4 rings (SSSR count). The lowest BCUT2D eigenvalue weighted by atomic mass is 10.0. The second-order valence-electron chi connectivity index (χ2n) is 11.7. The van der Waals surface area contributed by atoms with Gasteiger partial charge in [0.15, 0.2) is 17.3 Å². The van der Waals surface area contributed by atoms with E-state index in [4.69, 9.17) is 4.74 Å². The predicted octanol–water partition coefficient (Wildman–Crippen LogP) is 4.81. The molecular weight excluding hydrogens is 584 g/mol. The third-order valence-corrected chi connectivity index (χ3v) is 7.16. The van der Waals surface area contributed by atoms with Crippen molar-refractivity contribution in [2.45, 2.75) is 83.8 Å². The fourth-order valence-corrected chi connectivity index (χ4v) is 5.19. The van der Waals surface area contributed by atoms with Crippen molar-refractivity contribution in [3.8, 4) is 0 Å². The van der Waals surface area contributed by atoms with Crippen LogP contribution in [0.3, 0.4) is 0 Å². The van der Waals surface area contributed by atoms with E-state index in [1.54, 1.807) is 20.8 Å². The number of hydrogen-bond acceptors (Lipinski definition) is 5. The molecule has 1 saturated heterocycles. The van der Waals surface area contributed by atoms with Crippen molar-refractivity contribution in [2.24, 2.45) is 0 Å². The molecule has 3 heterocycles. The van der Waals surface area contributed by atoms with Crippen molar-refractivity contribution >= 4 is 17.9 Å². The molecule has 9 nitrogen and oxygen atoms in total. The van der Waals surface area contributed by atoms with Gasteiger partial charge in [0.05, 0.1) is 12.2 Å². The molecule has 0 aliphatic carbocycles. The molecule has 0 radical (unpaired) electrons. The number of hydrogen-bond donors (Lipinski definition) is 1. The van der Waals surface area contributed by atoms with Gasteiger partial charge in [0.1, 0.15) is 11.4 Å². The Labute approximate surface area is 244 Å². The normalized spacial score (nSPS) is 16.5. The zero-order valence-electron chi connectivity index (χ0n) is 24.0. The predicted molar refractivity (Wildman–Crippen MR) is 140 cm³/mol. The molecular formula is C28H33F6N5O4. The van der Waals surface area contributed by atoms with Crippen molar-refractivity contribution in [3.05, 3.63) is 52.4 Å². The fraction of sp³-hybridized carbons (Fsp3) is 0.571. The van der Waals surface area contributed by atoms with Crippen LogP contribution in [-0.2, 0) is 35.2 Å². The number of alkyl carbamates (subject to hydrolysis) is 1. The number of alkyl halides is 3. The van der Waals surface area contributed by atoms with E-state index in [0.29, 0.717) is 38.1 Å². The number of rotatable bonds is 6. The summed E-state index contributed by atoms with van der Waals surface area (Å²) in [5.74, 6) is -6.34. The lowest BCUT2D eigenvalue weighted by molar-refractivity contribution is -0.148. The topological polar surface area (TPSA) is 96.8 Å². The minimum absolute atomic E-state index is 0.0641. The molecule has 0 spiro atoms. The number of amides is 3. The molecule has 2 aliphatic heterocycles. The van der Waals surface area contributed by atoms with Crippen LogP contribution >= 0.6 is 0 Å². The number of likely N-dealkylation sites (tertiary alicyclic amines) is 1. The molecule has 0 saturated carbocycles. The lowest BCUT2D eigenvalue weighted by Gasteiger charge is -2.32. The summed E-state index contributed by atoms with van der Waals surface area (Å²) in [7, 11) is 0. The number of ether oxygens (including phenoxy) is 1. The highest BCUT2D eigenvalue weighted by Gasteiger charge is 2.42. The van der Waals surface area contributed by atoms with Gasteiger partial charge in [-0.05, 0) is 58.1 Å². The van der Waals surface area contributed by atoms with E-state index < -0.39 is 71.8 Å².